The average Bonchev–Trinajstić information content (AvgIpc) is 3.21. The molecule has 0 saturated heterocycles. The Morgan fingerprint density at radius 1 is 0.333 bits per heavy atom. The van der Waals surface area contributed by atoms with Crippen LogP contribution in [0.1, 0.15) is 213 Å². The molecular weight excluding hydrogens is 613 g/mol. The summed E-state index contributed by atoms with van der Waals surface area (Å²) in [6.07, 6.45) is 51.0. The molecule has 0 bridgehead atoms. The van der Waals surface area contributed by atoms with E-state index in [-0.39, 0.29) is 0 Å². The Morgan fingerprint density at radius 2 is 0.608 bits per heavy atom. The first kappa shape index (κ1) is 43.0. The maximum atomic E-state index is 3.96. The number of hydrogen-bond donors (Lipinski definition) is 0. The summed E-state index contributed by atoms with van der Waals surface area (Å²) in [5.41, 5.74) is 0. The summed E-state index contributed by atoms with van der Waals surface area (Å²) in [6, 6.07) is 0. The van der Waals surface area contributed by atoms with E-state index in [1.165, 1.54) is 193 Å². The third-order valence-electron chi connectivity index (χ3n) is 16.4. The van der Waals surface area contributed by atoms with Crippen LogP contribution >= 0.6 is 0 Å². The molecule has 0 N–H and O–H groups in total. The molecule has 294 valence electrons. The highest BCUT2D eigenvalue weighted by atomic mass is 14.4. The molecule has 0 radical (unpaired) electrons. The highest BCUT2D eigenvalue weighted by Gasteiger charge is 2.32. The molecule has 6 saturated carbocycles. The minimum Gasteiger partial charge on any atom is -0.103 e. The van der Waals surface area contributed by atoms with Crippen molar-refractivity contribution in [2.75, 3.05) is 0 Å². The summed E-state index contributed by atoms with van der Waals surface area (Å²) < 4.78 is 0. The maximum Gasteiger partial charge on any atom is -0.0236 e. The Morgan fingerprint density at radius 3 is 0.863 bits per heavy atom. The van der Waals surface area contributed by atoms with E-state index in [4.69, 9.17) is 0 Å². The van der Waals surface area contributed by atoms with Gasteiger partial charge in [-0.2, -0.15) is 0 Å². The monoisotopic (exact) mass is 703 g/mol. The van der Waals surface area contributed by atoms with Crippen LogP contribution in [0.5, 0.6) is 0 Å². The largest absolute Gasteiger partial charge is 0.103 e. The molecular formula is C51H90. The second-order valence-corrected chi connectivity index (χ2v) is 19.4. The Labute approximate surface area is 321 Å². The predicted molar refractivity (Wildman–Crippen MR) is 228 cm³/mol. The molecule has 0 aromatic heterocycles. The van der Waals surface area contributed by atoms with Crippen molar-refractivity contribution in [3.63, 3.8) is 0 Å². The lowest BCUT2D eigenvalue weighted by Crippen LogP contribution is -2.25. The van der Waals surface area contributed by atoms with Gasteiger partial charge in [0.2, 0.25) is 0 Å². The van der Waals surface area contributed by atoms with Crippen molar-refractivity contribution < 1.29 is 0 Å². The zero-order valence-electron chi connectivity index (χ0n) is 35.0. The smallest absolute Gasteiger partial charge is 0.0236 e. The third-order valence-corrected chi connectivity index (χ3v) is 16.4. The first-order valence-electron chi connectivity index (χ1n) is 23.9. The summed E-state index contributed by atoms with van der Waals surface area (Å²) in [4.78, 5) is 0. The van der Waals surface area contributed by atoms with Crippen molar-refractivity contribution in [2.45, 2.75) is 213 Å². The number of hydrogen-bond acceptors (Lipinski definition) is 0. The van der Waals surface area contributed by atoms with Gasteiger partial charge in [-0.25, -0.2) is 0 Å². The van der Waals surface area contributed by atoms with Gasteiger partial charge in [0.05, 0.1) is 0 Å². The lowest BCUT2D eigenvalue weighted by atomic mass is 9.69. The van der Waals surface area contributed by atoms with Crippen molar-refractivity contribution >= 4 is 0 Å². The lowest BCUT2D eigenvalue weighted by molar-refractivity contribution is 0.152. The summed E-state index contributed by atoms with van der Waals surface area (Å²) in [7, 11) is 0. The van der Waals surface area contributed by atoms with Gasteiger partial charge in [0.15, 0.2) is 0 Å². The summed E-state index contributed by atoms with van der Waals surface area (Å²) in [5, 5.41) is 0. The minimum absolute atomic E-state index is 0.835. The van der Waals surface area contributed by atoms with Crippen LogP contribution in [-0.4, -0.2) is 0 Å². The summed E-state index contributed by atoms with van der Waals surface area (Å²) >= 11 is 0. The molecule has 0 atom stereocenters. The van der Waals surface area contributed by atoms with E-state index >= 15 is 0 Å². The van der Waals surface area contributed by atoms with Crippen LogP contribution in [0.3, 0.4) is 0 Å². The fraction of sp³-hybridized carbons (Fsp3) is 0.882. The first-order valence-corrected chi connectivity index (χ1v) is 23.9. The highest BCUT2D eigenvalue weighted by Crippen LogP contribution is 2.45. The zero-order valence-corrected chi connectivity index (χ0v) is 35.0. The summed E-state index contributed by atoms with van der Waals surface area (Å²) in [6.45, 7) is 18.9. The number of unbranched alkanes of at least 4 members (excludes halogenated alkanes) is 1. The SMILES string of the molecule is C=CC1CCC(C2CCC(CC)CC2)CC1.C=CC1CCC(C2CCC(CCC)CC2)CC1.C=CC1CCC(C2CCC(CCCC)CC2)CC1. The van der Waals surface area contributed by atoms with Crippen LogP contribution in [0.25, 0.3) is 0 Å². The molecule has 0 spiro atoms. The molecule has 0 heteroatoms. The van der Waals surface area contributed by atoms with Crippen LogP contribution < -0.4 is 0 Å². The van der Waals surface area contributed by atoms with Gasteiger partial charge in [0.25, 0.3) is 0 Å². The van der Waals surface area contributed by atoms with Crippen LogP contribution in [0.15, 0.2) is 38.0 Å². The van der Waals surface area contributed by atoms with Crippen LogP contribution in [-0.2, 0) is 0 Å². The zero-order chi connectivity index (χ0) is 36.3. The molecule has 0 nitrogen and oxygen atoms in total. The van der Waals surface area contributed by atoms with Gasteiger partial charge < -0.3 is 0 Å². The molecule has 0 amide bonds. The standard InChI is InChI=1S/C18H32.C17H30.C16H28/c1-3-5-6-16-9-13-18(14-10-16)17-11-7-15(4-2)8-12-17;1-3-5-15-8-12-17(13-9-15)16-10-6-14(4-2)7-11-16;1-3-13-5-9-15(10-6-13)16-11-7-14(4-2)8-12-16/h4,15-18H,2-3,5-14H2,1H3;4,14-17H,2-3,5-13H2,1H3;3,13-16H,1,4-12H2,2H3. The Balaban J connectivity index is 0.000000172. The van der Waals surface area contributed by atoms with Crippen molar-refractivity contribution in [3.05, 3.63) is 38.0 Å². The highest BCUT2D eigenvalue weighted by molar-refractivity contribution is 4.90. The van der Waals surface area contributed by atoms with E-state index in [2.05, 4.69) is 58.7 Å². The molecule has 0 heterocycles. The number of allylic oxidation sites excluding steroid dienone is 3. The lowest BCUT2D eigenvalue weighted by Gasteiger charge is -2.37. The second kappa shape index (κ2) is 24.6. The van der Waals surface area contributed by atoms with E-state index in [9.17, 15) is 0 Å². The van der Waals surface area contributed by atoms with Gasteiger partial charge in [0, 0.05) is 0 Å². The molecule has 0 aromatic carbocycles. The maximum absolute atomic E-state index is 3.96. The Bertz CT molecular complexity index is 880. The molecule has 0 aromatic rings. The van der Waals surface area contributed by atoms with E-state index in [1.807, 2.05) is 0 Å². The van der Waals surface area contributed by atoms with Crippen molar-refractivity contribution in [1.82, 2.24) is 0 Å². The van der Waals surface area contributed by atoms with Crippen molar-refractivity contribution in [1.29, 1.82) is 0 Å². The minimum atomic E-state index is 0.835. The molecule has 6 aliphatic carbocycles. The van der Waals surface area contributed by atoms with E-state index in [0.29, 0.717) is 0 Å². The topological polar surface area (TPSA) is 0 Å². The molecule has 51 heavy (non-hydrogen) atoms. The predicted octanol–water partition coefficient (Wildman–Crippen LogP) is 16.8. The second-order valence-electron chi connectivity index (χ2n) is 19.4. The van der Waals surface area contributed by atoms with Gasteiger partial charge in [-0.3, -0.25) is 0 Å². The number of rotatable bonds is 12. The van der Waals surface area contributed by atoms with E-state index < -0.39 is 0 Å². The molecule has 0 aliphatic heterocycles. The van der Waals surface area contributed by atoms with E-state index in [0.717, 1.165) is 71.0 Å². The third kappa shape index (κ3) is 14.8. The van der Waals surface area contributed by atoms with E-state index in [1.54, 1.807) is 0 Å². The van der Waals surface area contributed by atoms with Gasteiger partial charge in [-0.15, -0.1) is 19.7 Å². The molecule has 0 unspecified atom stereocenters. The van der Waals surface area contributed by atoms with Gasteiger partial charge >= 0.3 is 0 Å². The Kier molecular flexibility index (Phi) is 20.7. The molecule has 6 rings (SSSR count). The fourth-order valence-electron chi connectivity index (χ4n) is 12.4. The Hall–Kier alpha value is -0.780. The average molecular weight is 703 g/mol. The summed E-state index contributed by atoms with van der Waals surface area (Å²) in [5.74, 6) is 12.1. The van der Waals surface area contributed by atoms with Crippen molar-refractivity contribution in [2.24, 2.45) is 71.0 Å². The fourth-order valence-corrected chi connectivity index (χ4v) is 12.4. The van der Waals surface area contributed by atoms with Crippen LogP contribution in [0.2, 0.25) is 0 Å². The normalized spacial score (nSPS) is 38.9. The molecule has 6 aliphatic rings. The van der Waals surface area contributed by atoms with Crippen LogP contribution in [0.4, 0.5) is 0 Å². The van der Waals surface area contributed by atoms with Gasteiger partial charge in [-0.1, -0.05) is 116 Å². The molecule has 6 fully saturated rings. The quantitative estimate of drug-likeness (QED) is 0.178. The van der Waals surface area contributed by atoms with Gasteiger partial charge in [0.1, 0.15) is 0 Å². The van der Waals surface area contributed by atoms with Crippen molar-refractivity contribution in [3.8, 4) is 0 Å². The first-order chi connectivity index (χ1) is 25.0. The van der Waals surface area contributed by atoms with Crippen LogP contribution in [0, 0.1) is 71.0 Å². The van der Waals surface area contributed by atoms with Gasteiger partial charge in [-0.05, 0) is 187 Å².